The number of carbonyl (C=O) groups excluding carboxylic acids is 2. The molecule has 1 aliphatic carbocycles. The van der Waals surface area contributed by atoms with Gasteiger partial charge in [0.1, 0.15) is 6.04 Å². The molecule has 2 amide bonds. The Labute approximate surface area is 178 Å². The maximum Gasteiger partial charge on any atom is 0.242 e. The summed E-state index contributed by atoms with van der Waals surface area (Å²) in [7, 11) is 0. The highest BCUT2D eigenvalue weighted by atomic mass is 35.5. The summed E-state index contributed by atoms with van der Waals surface area (Å²) in [5, 5.41) is 3.78. The molecule has 1 aliphatic rings. The Balaban J connectivity index is 1.77. The molecule has 0 aromatic heterocycles. The molecule has 1 fully saturated rings. The third-order valence-electron chi connectivity index (χ3n) is 5.74. The first-order valence-corrected chi connectivity index (χ1v) is 10.7. The fraction of sp³-hybridized carbons (Fsp3) is 0.417. The number of carbonyl (C=O) groups is 2. The van der Waals surface area contributed by atoms with Crippen molar-refractivity contribution in [1.82, 2.24) is 10.2 Å². The lowest BCUT2D eigenvalue weighted by Crippen LogP contribution is -2.50. The average molecular weight is 413 g/mol. The fourth-order valence-corrected chi connectivity index (χ4v) is 3.95. The van der Waals surface area contributed by atoms with E-state index in [1.165, 1.54) is 0 Å². The lowest BCUT2D eigenvalue weighted by molar-refractivity contribution is -0.140. The number of nitrogens with one attached hydrogen (secondary N) is 1. The van der Waals surface area contributed by atoms with E-state index in [0.29, 0.717) is 11.6 Å². The Morgan fingerprint density at radius 2 is 1.76 bits per heavy atom. The SMILES string of the molecule is Cc1ccccc1CN(C(=O)Cc1ccc(Cl)cc1)[C@H](C)C(=O)NC1CCCC1. The first-order valence-electron chi connectivity index (χ1n) is 10.3. The monoisotopic (exact) mass is 412 g/mol. The van der Waals surface area contributed by atoms with E-state index < -0.39 is 6.04 Å². The molecular weight excluding hydrogens is 384 g/mol. The molecule has 5 heteroatoms. The molecule has 3 rings (SSSR count). The normalized spacial score (nSPS) is 15.1. The van der Waals surface area contributed by atoms with Crippen LogP contribution in [0.25, 0.3) is 0 Å². The minimum absolute atomic E-state index is 0.0651. The van der Waals surface area contributed by atoms with Gasteiger partial charge in [-0.1, -0.05) is 60.8 Å². The first-order chi connectivity index (χ1) is 13.9. The summed E-state index contributed by atoms with van der Waals surface area (Å²) >= 11 is 5.96. The number of hydrogen-bond donors (Lipinski definition) is 1. The zero-order chi connectivity index (χ0) is 20.8. The summed E-state index contributed by atoms with van der Waals surface area (Å²) in [6.45, 7) is 4.26. The van der Waals surface area contributed by atoms with E-state index in [4.69, 9.17) is 11.6 Å². The van der Waals surface area contributed by atoms with Crippen molar-refractivity contribution >= 4 is 23.4 Å². The summed E-state index contributed by atoms with van der Waals surface area (Å²) in [6.07, 6.45) is 4.59. The van der Waals surface area contributed by atoms with Crippen LogP contribution in [0.3, 0.4) is 0 Å². The summed E-state index contributed by atoms with van der Waals surface area (Å²) < 4.78 is 0. The summed E-state index contributed by atoms with van der Waals surface area (Å²) in [5.41, 5.74) is 3.05. The van der Waals surface area contributed by atoms with Gasteiger partial charge in [0.05, 0.1) is 6.42 Å². The van der Waals surface area contributed by atoms with Gasteiger partial charge < -0.3 is 10.2 Å². The lowest BCUT2D eigenvalue weighted by Gasteiger charge is -2.30. The molecule has 0 radical (unpaired) electrons. The van der Waals surface area contributed by atoms with Crippen LogP contribution >= 0.6 is 11.6 Å². The van der Waals surface area contributed by atoms with Gasteiger partial charge in [0.15, 0.2) is 0 Å². The molecular formula is C24H29ClN2O2. The third kappa shape index (κ3) is 5.83. The molecule has 1 atom stereocenters. The number of hydrogen-bond acceptors (Lipinski definition) is 2. The van der Waals surface area contributed by atoms with Crippen LogP contribution < -0.4 is 5.32 Å². The van der Waals surface area contributed by atoms with E-state index >= 15 is 0 Å². The molecule has 0 aliphatic heterocycles. The van der Waals surface area contributed by atoms with E-state index in [0.717, 1.165) is 42.4 Å². The topological polar surface area (TPSA) is 49.4 Å². The highest BCUT2D eigenvalue weighted by Crippen LogP contribution is 2.20. The predicted molar refractivity (Wildman–Crippen MR) is 117 cm³/mol. The van der Waals surface area contributed by atoms with Crippen molar-refractivity contribution in [3.05, 3.63) is 70.2 Å². The Kier molecular flexibility index (Phi) is 7.32. The number of aryl methyl sites for hydroxylation is 1. The van der Waals surface area contributed by atoms with Gasteiger partial charge in [0.25, 0.3) is 0 Å². The van der Waals surface area contributed by atoms with Crippen molar-refractivity contribution in [3.8, 4) is 0 Å². The van der Waals surface area contributed by atoms with Gasteiger partial charge in [-0.3, -0.25) is 9.59 Å². The minimum Gasteiger partial charge on any atom is -0.352 e. The largest absolute Gasteiger partial charge is 0.352 e. The number of amides is 2. The third-order valence-corrected chi connectivity index (χ3v) is 5.99. The maximum atomic E-state index is 13.2. The standard InChI is InChI=1S/C24H29ClN2O2/c1-17-7-3-4-8-20(17)16-27(18(2)24(29)26-22-9-5-6-10-22)23(28)15-19-11-13-21(25)14-12-19/h3-4,7-8,11-14,18,22H,5-6,9-10,15-16H2,1-2H3,(H,26,29)/t18-/m1/s1. The second kappa shape index (κ2) is 9.93. The molecule has 0 bridgehead atoms. The number of halogens is 1. The first kappa shape index (κ1) is 21.4. The van der Waals surface area contributed by atoms with E-state index in [2.05, 4.69) is 5.32 Å². The highest BCUT2D eigenvalue weighted by molar-refractivity contribution is 6.30. The zero-order valence-electron chi connectivity index (χ0n) is 17.2. The molecule has 0 unspecified atom stereocenters. The van der Waals surface area contributed by atoms with Crippen molar-refractivity contribution in [3.63, 3.8) is 0 Å². The Hall–Kier alpha value is -2.33. The van der Waals surface area contributed by atoms with Crippen LogP contribution in [0.4, 0.5) is 0 Å². The molecule has 2 aromatic carbocycles. The number of benzene rings is 2. The smallest absolute Gasteiger partial charge is 0.242 e. The quantitative estimate of drug-likeness (QED) is 0.718. The summed E-state index contributed by atoms with van der Waals surface area (Å²) in [6, 6.07) is 15.0. The molecule has 29 heavy (non-hydrogen) atoms. The van der Waals surface area contributed by atoms with E-state index in [1.807, 2.05) is 50.2 Å². The Morgan fingerprint density at radius 1 is 1.10 bits per heavy atom. The van der Waals surface area contributed by atoms with Crippen LogP contribution in [0, 0.1) is 6.92 Å². The molecule has 1 saturated carbocycles. The molecule has 0 heterocycles. The van der Waals surface area contributed by atoms with E-state index in [-0.39, 0.29) is 24.3 Å². The molecule has 0 saturated heterocycles. The van der Waals surface area contributed by atoms with Crippen molar-refractivity contribution in [2.24, 2.45) is 0 Å². The predicted octanol–water partition coefficient (Wildman–Crippen LogP) is 4.67. The molecule has 2 aromatic rings. The minimum atomic E-state index is -0.532. The molecule has 154 valence electrons. The second-order valence-electron chi connectivity index (χ2n) is 7.92. The Bertz CT molecular complexity index is 844. The van der Waals surface area contributed by atoms with Crippen LogP contribution in [0.1, 0.15) is 49.3 Å². The van der Waals surface area contributed by atoms with Gasteiger partial charge in [-0.05, 0) is 55.5 Å². The number of rotatable bonds is 7. The van der Waals surface area contributed by atoms with Gasteiger partial charge >= 0.3 is 0 Å². The average Bonchev–Trinajstić information content (AvgIpc) is 3.21. The van der Waals surface area contributed by atoms with Crippen molar-refractivity contribution in [1.29, 1.82) is 0 Å². The molecule has 0 spiro atoms. The molecule has 4 nitrogen and oxygen atoms in total. The fourth-order valence-electron chi connectivity index (χ4n) is 3.82. The molecule has 1 N–H and O–H groups in total. The zero-order valence-corrected chi connectivity index (χ0v) is 17.9. The van der Waals surface area contributed by atoms with E-state index in [1.54, 1.807) is 17.0 Å². The second-order valence-corrected chi connectivity index (χ2v) is 8.35. The van der Waals surface area contributed by atoms with Gasteiger partial charge in [0, 0.05) is 17.6 Å². The van der Waals surface area contributed by atoms with Gasteiger partial charge in [-0.25, -0.2) is 0 Å². The van der Waals surface area contributed by atoms with Crippen molar-refractivity contribution in [2.45, 2.75) is 64.6 Å². The van der Waals surface area contributed by atoms with Crippen LogP contribution in [0.15, 0.2) is 48.5 Å². The van der Waals surface area contributed by atoms with Crippen LogP contribution in [-0.4, -0.2) is 28.8 Å². The van der Waals surface area contributed by atoms with E-state index in [9.17, 15) is 9.59 Å². The van der Waals surface area contributed by atoms with Crippen LogP contribution in [0.5, 0.6) is 0 Å². The summed E-state index contributed by atoms with van der Waals surface area (Å²) in [5.74, 6) is -0.139. The van der Waals surface area contributed by atoms with Crippen LogP contribution in [0.2, 0.25) is 5.02 Å². The maximum absolute atomic E-state index is 13.2. The number of nitrogens with zero attached hydrogens (tertiary/aromatic N) is 1. The van der Waals surface area contributed by atoms with Crippen molar-refractivity contribution in [2.75, 3.05) is 0 Å². The lowest BCUT2D eigenvalue weighted by atomic mass is 10.1. The van der Waals surface area contributed by atoms with Gasteiger partial charge in [-0.2, -0.15) is 0 Å². The Morgan fingerprint density at radius 3 is 2.41 bits per heavy atom. The van der Waals surface area contributed by atoms with Gasteiger partial charge in [-0.15, -0.1) is 0 Å². The van der Waals surface area contributed by atoms with Crippen LogP contribution in [-0.2, 0) is 22.6 Å². The van der Waals surface area contributed by atoms with Crippen molar-refractivity contribution < 1.29 is 9.59 Å². The van der Waals surface area contributed by atoms with Gasteiger partial charge in [0.2, 0.25) is 11.8 Å². The summed E-state index contributed by atoms with van der Waals surface area (Å²) in [4.78, 5) is 27.8. The highest BCUT2D eigenvalue weighted by Gasteiger charge is 2.28.